The number of benzene rings is 2. The molecule has 1 aromatic heterocycles. The molecule has 3 aromatic rings. The maximum atomic E-state index is 12.9. The summed E-state index contributed by atoms with van der Waals surface area (Å²) in [5.41, 5.74) is 0.689. The van der Waals surface area contributed by atoms with E-state index in [0.29, 0.717) is 10.8 Å². The Bertz CT molecular complexity index is 1210. The van der Waals surface area contributed by atoms with Gasteiger partial charge in [-0.15, -0.1) is 0 Å². The van der Waals surface area contributed by atoms with Crippen LogP contribution in [-0.2, 0) is 6.54 Å². The van der Waals surface area contributed by atoms with E-state index in [1.807, 2.05) is 12.1 Å². The molecule has 0 radical (unpaired) electrons. The summed E-state index contributed by atoms with van der Waals surface area (Å²) >= 11 is 5.93. The van der Waals surface area contributed by atoms with Crippen LogP contribution in [0.15, 0.2) is 53.3 Å². The largest absolute Gasteiger partial charge is 0.494 e. The standard InChI is InChI=1S/C23H19ClN2O4/c1-14-10-17(24)8-9-20(14)30-13-19(27)21-15(2)18(11-25)22(28)26(23(21)29)12-16-6-4-3-5-7-16/h3-10,29H,12-13H2,1-2H3. The van der Waals surface area contributed by atoms with E-state index < -0.39 is 17.2 Å². The molecule has 0 aliphatic rings. The van der Waals surface area contributed by atoms with Gasteiger partial charge >= 0.3 is 0 Å². The van der Waals surface area contributed by atoms with Gasteiger partial charge in [0.25, 0.3) is 5.56 Å². The van der Waals surface area contributed by atoms with E-state index in [-0.39, 0.29) is 29.8 Å². The van der Waals surface area contributed by atoms with Crippen LogP contribution in [-0.4, -0.2) is 22.1 Å². The maximum absolute atomic E-state index is 12.9. The molecule has 2 aromatic carbocycles. The summed E-state index contributed by atoms with van der Waals surface area (Å²) in [7, 11) is 0. The van der Waals surface area contributed by atoms with Gasteiger partial charge in [-0.05, 0) is 48.7 Å². The normalized spacial score (nSPS) is 10.5. The SMILES string of the molecule is Cc1cc(Cl)ccc1OCC(=O)c1c(C)c(C#N)c(=O)n(Cc2ccccc2)c1O. The van der Waals surface area contributed by atoms with Crippen molar-refractivity contribution in [3.05, 3.63) is 91.7 Å². The lowest BCUT2D eigenvalue weighted by Crippen LogP contribution is -2.28. The van der Waals surface area contributed by atoms with Crippen LogP contribution in [0.25, 0.3) is 0 Å². The number of ketones is 1. The van der Waals surface area contributed by atoms with Gasteiger partial charge in [0.2, 0.25) is 11.7 Å². The zero-order chi connectivity index (χ0) is 21.8. The Hall–Kier alpha value is -3.56. The number of carbonyl (C=O) groups is 1. The van der Waals surface area contributed by atoms with Crippen LogP contribution in [0.5, 0.6) is 11.6 Å². The van der Waals surface area contributed by atoms with Crippen LogP contribution in [0.2, 0.25) is 5.02 Å². The summed E-state index contributed by atoms with van der Waals surface area (Å²) in [4.78, 5) is 25.6. The highest BCUT2D eigenvalue weighted by Gasteiger charge is 2.24. The summed E-state index contributed by atoms with van der Waals surface area (Å²) in [5.74, 6) is -0.553. The number of halogens is 1. The molecule has 0 unspecified atom stereocenters. The number of rotatable bonds is 6. The summed E-state index contributed by atoms with van der Waals surface area (Å²) in [5, 5.41) is 20.8. The highest BCUT2D eigenvalue weighted by Crippen LogP contribution is 2.25. The molecule has 0 atom stereocenters. The Balaban J connectivity index is 1.99. The monoisotopic (exact) mass is 422 g/mol. The molecule has 0 fully saturated rings. The van der Waals surface area contributed by atoms with Gasteiger partial charge in [0.15, 0.2) is 6.61 Å². The number of aromatic hydroxyl groups is 1. The van der Waals surface area contributed by atoms with Gasteiger partial charge in [0.1, 0.15) is 17.4 Å². The van der Waals surface area contributed by atoms with E-state index in [0.717, 1.165) is 15.7 Å². The molecule has 0 saturated carbocycles. The number of ether oxygens (including phenoxy) is 1. The first-order valence-corrected chi connectivity index (χ1v) is 9.53. The molecule has 30 heavy (non-hydrogen) atoms. The molecule has 1 N–H and O–H groups in total. The van der Waals surface area contributed by atoms with Crippen LogP contribution in [0, 0.1) is 25.2 Å². The van der Waals surface area contributed by atoms with Crippen LogP contribution >= 0.6 is 11.6 Å². The van der Waals surface area contributed by atoms with E-state index in [2.05, 4.69) is 0 Å². The highest BCUT2D eigenvalue weighted by molar-refractivity contribution is 6.30. The number of aryl methyl sites for hydroxylation is 1. The first-order valence-electron chi connectivity index (χ1n) is 9.16. The van der Waals surface area contributed by atoms with Crippen molar-refractivity contribution in [2.75, 3.05) is 6.61 Å². The van der Waals surface area contributed by atoms with E-state index in [1.165, 1.54) is 6.92 Å². The molecule has 3 rings (SSSR count). The topological polar surface area (TPSA) is 92.3 Å². The van der Waals surface area contributed by atoms with Gasteiger partial charge in [0.05, 0.1) is 12.1 Å². The number of hydrogen-bond donors (Lipinski definition) is 1. The van der Waals surface area contributed by atoms with Crippen molar-refractivity contribution in [3.8, 4) is 17.7 Å². The fourth-order valence-electron chi connectivity index (χ4n) is 3.19. The zero-order valence-corrected chi connectivity index (χ0v) is 17.2. The Kier molecular flexibility index (Phi) is 6.24. The lowest BCUT2D eigenvalue weighted by molar-refractivity contribution is 0.0916. The third-order valence-corrected chi connectivity index (χ3v) is 4.99. The summed E-state index contributed by atoms with van der Waals surface area (Å²) in [6, 6.07) is 15.8. The lowest BCUT2D eigenvalue weighted by Gasteiger charge is -2.16. The molecule has 152 valence electrons. The van der Waals surface area contributed by atoms with Gasteiger partial charge in [-0.25, -0.2) is 0 Å². The van der Waals surface area contributed by atoms with E-state index >= 15 is 0 Å². The van der Waals surface area contributed by atoms with E-state index in [9.17, 15) is 20.0 Å². The van der Waals surface area contributed by atoms with Crippen LogP contribution < -0.4 is 10.3 Å². The Labute approximate surface area is 178 Å². The molecule has 1 heterocycles. The summed E-state index contributed by atoms with van der Waals surface area (Å²) in [6.45, 7) is 2.92. The summed E-state index contributed by atoms with van der Waals surface area (Å²) < 4.78 is 6.62. The van der Waals surface area contributed by atoms with Gasteiger partial charge in [-0.3, -0.25) is 14.2 Å². The van der Waals surface area contributed by atoms with Crippen LogP contribution in [0.1, 0.15) is 32.6 Å². The predicted octanol–water partition coefficient (Wildman–Crippen LogP) is 4.01. The van der Waals surface area contributed by atoms with Crippen LogP contribution in [0.3, 0.4) is 0 Å². The Morgan fingerprint density at radius 2 is 1.90 bits per heavy atom. The van der Waals surface area contributed by atoms with Gasteiger partial charge in [-0.1, -0.05) is 41.9 Å². The first kappa shape index (κ1) is 21.2. The second kappa shape index (κ2) is 8.85. The van der Waals surface area contributed by atoms with Gasteiger partial charge < -0.3 is 9.84 Å². The number of pyridine rings is 1. The van der Waals surface area contributed by atoms with Crippen molar-refractivity contribution < 1.29 is 14.6 Å². The van der Waals surface area contributed by atoms with Crippen LogP contribution in [0.4, 0.5) is 0 Å². The van der Waals surface area contributed by atoms with E-state index in [4.69, 9.17) is 16.3 Å². The zero-order valence-electron chi connectivity index (χ0n) is 16.5. The minimum absolute atomic E-state index is 0.0257. The maximum Gasteiger partial charge on any atom is 0.271 e. The Morgan fingerprint density at radius 3 is 2.53 bits per heavy atom. The molecular formula is C23H19ClN2O4. The molecule has 0 aliphatic carbocycles. The molecule has 0 amide bonds. The smallest absolute Gasteiger partial charge is 0.271 e. The quantitative estimate of drug-likeness (QED) is 0.606. The first-order chi connectivity index (χ1) is 14.3. The van der Waals surface area contributed by atoms with Crippen molar-refractivity contribution in [2.45, 2.75) is 20.4 Å². The molecule has 0 bridgehead atoms. The highest BCUT2D eigenvalue weighted by atomic mass is 35.5. The average molecular weight is 423 g/mol. The fourth-order valence-corrected chi connectivity index (χ4v) is 3.41. The average Bonchev–Trinajstić information content (AvgIpc) is 2.71. The number of aromatic nitrogens is 1. The van der Waals surface area contributed by atoms with Crippen molar-refractivity contribution in [2.24, 2.45) is 0 Å². The molecule has 0 aliphatic heterocycles. The van der Waals surface area contributed by atoms with E-state index in [1.54, 1.807) is 49.4 Å². The molecule has 7 heteroatoms. The third-order valence-electron chi connectivity index (χ3n) is 4.76. The van der Waals surface area contributed by atoms with Crippen molar-refractivity contribution in [1.82, 2.24) is 4.57 Å². The lowest BCUT2D eigenvalue weighted by atomic mass is 10.0. The van der Waals surface area contributed by atoms with Crippen molar-refractivity contribution in [1.29, 1.82) is 5.26 Å². The molecule has 0 saturated heterocycles. The van der Waals surface area contributed by atoms with Gasteiger partial charge in [0, 0.05) is 5.02 Å². The number of Topliss-reactive ketones (excluding diaryl/α,β-unsaturated/α-hetero) is 1. The fraction of sp³-hybridized carbons (Fsp3) is 0.174. The van der Waals surface area contributed by atoms with Gasteiger partial charge in [-0.2, -0.15) is 5.26 Å². The Morgan fingerprint density at radius 1 is 1.20 bits per heavy atom. The second-order valence-electron chi connectivity index (χ2n) is 6.81. The molecule has 6 nitrogen and oxygen atoms in total. The minimum atomic E-state index is -0.651. The molecular weight excluding hydrogens is 404 g/mol. The summed E-state index contributed by atoms with van der Waals surface area (Å²) in [6.07, 6.45) is 0. The molecule has 0 spiro atoms. The third kappa shape index (κ3) is 4.22. The predicted molar refractivity (Wildman–Crippen MR) is 113 cm³/mol. The minimum Gasteiger partial charge on any atom is -0.494 e. The second-order valence-corrected chi connectivity index (χ2v) is 7.25. The number of nitriles is 1. The van der Waals surface area contributed by atoms with Crippen molar-refractivity contribution in [3.63, 3.8) is 0 Å². The number of nitrogens with zero attached hydrogens (tertiary/aromatic N) is 2. The number of hydrogen-bond acceptors (Lipinski definition) is 5. The van der Waals surface area contributed by atoms with Crippen molar-refractivity contribution >= 4 is 17.4 Å². The number of carbonyl (C=O) groups excluding carboxylic acids is 1.